The van der Waals surface area contributed by atoms with Crippen LogP contribution in [0.4, 0.5) is 17.2 Å². The Morgan fingerprint density at radius 2 is 1.91 bits per heavy atom. The summed E-state index contributed by atoms with van der Waals surface area (Å²) in [7, 11) is 0. The Morgan fingerprint density at radius 3 is 2.61 bits per heavy atom. The lowest BCUT2D eigenvalue weighted by molar-refractivity contribution is 0.804. The molecular weight excluding hydrogens is 335 g/mol. The highest BCUT2D eigenvalue weighted by atomic mass is 35.5. The number of aromatic nitrogens is 4. The number of rotatable bonds is 3. The molecule has 2 heterocycles. The second-order valence-electron chi connectivity index (χ2n) is 5.05. The predicted octanol–water partition coefficient (Wildman–Crippen LogP) is 3.91. The zero-order valence-electron chi connectivity index (χ0n) is 12.5. The summed E-state index contributed by atoms with van der Waals surface area (Å²) in [5, 5.41) is 8.55. The average Bonchev–Trinajstić information content (AvgIpc) is 2.83. The molecule has 0 spiro atoms. The van der Waals surface area contributed by atoms with Crippen molar-refractivity contribution in [1.29, 1.82) is 0 Å². The van der Waals surface area contributed by atoms with Gasteiger partial charge in [0.05, 0.1) is 16.4 Å². The van der Waals surface area contributed by atoms with E-state index in [9.17, 15) is 0 Å². The molecule has 118 valence electrons. The number of nitrogen functional groups attached to an aromatic ring is 1. The first kappa shape index (κ1) is 15.6. The largest absolute Gasteiger partial charge is 0.393 e. The number of anilines is 3. The number of halogens is 2. The number of hydrogen-bond donors (Lipinski definition) is 2. The Kier molecular flexibility index (Phi) is 4.11. The third kappa shape index (κ3) is 3.09. The summed E-state index contributed by atoms with van der Waals surface area (Å²) in [6.45, 7) is 3.84. The van der Waals surface area contributed by atoms with Gasteiger partial charge in [-0.1, -0.05) is 23.2 Å². The fourth-order valence-corrected chi connectivity index (χ4v) is 2.56. The van der Waals surface area contributed by atoms with Crippen LogP contribution in [0.3, 0.4) is 0 Å². The van der Waals surface area contributed by atoms with E-state index in [1.807, 2.05) is 19.9 Å². The van der Waals surface area contributed by atoms with Gasteiger partial charge in [-0.05, 0) is 38.1 Å². The predicted molar refractivity (Wildman–Crippen MR) is 92.8 cm³/mol. The number of nitrogens with zero attached hydrogens (tertiary/aromatic N) is 4. The van der Waals surface area contributed by atoms with Crippen molar-refractivity contribution in [3.8, 4) is 5.82 Å². The van der Waals surface area contributed by atoms with E-state index >= 15 is 0 Å². The van der Waals surface area contributed by atoms with Crippen LogP contribution in [0.2, 0.25) is 10.0 Å². The molecule has 8 heteroatoms. The maximum atomic E-state index is 6.21. The molecule has 0 atom stereocenters. The Bertz CT molecular complexity index is 874. The third-order valence-electron chi connectivity index (χ3n) is 3.25. The summed E-state index contributed by atoms with van der Waals surface area (Å²) in [5.41, 5.74) is 9.00. The third-order valence-corrected chi connectivity index (χ3v) is 3.82. The Labute approximate surface area is 143 Å². The maximum Gasteiger partial charge on any atom is 0.182 e. The first-order valence-electron chi connectivity index (χ1n) is 6.82. The van der Waals surface area contributed by atoms with Crippen LogP contribution in [0.1, 0.15) is 11.4 Å². The molecule has 0 radical (unpaired) electrons. The number of nitrogens with one attached hydrogen (secondary N) is 1. The van der Waals surface area contributed by atoms with E-state index in [4.69, 9.17) is 28.9 Å². The van der Waals surface area contributed by atoms with Crippen LogP contribution >= 0.6 is 23.2 Å². The average molecular weight is 349 g/mol. The summed E-state index contributed by atoms with van der Waals surface area (Å²) >= 11 is 12.2. The smallest absolute Gasteiger partial charge is 0.182 e. The summed E-state index contributed by atoms with van der Waals surface area (Å²) < 4.78 is 1.68. The zero-order valence-corrected chi connectivity index (χ0v) is 14.0. The molecule has 0 saturated heterocycles. The second kappa shape index (κ2) is 6.06. The van der Waals surface area contributed by atoms with E-state index in [-0.39, 0.29) is 0 Å². The van der Waals surface area contributed by atoms with E-state index in [0.29, 0.717) is 33.1 Å². The molecule has 0 fully saturated rings. The van der Waals surface area contributed by atoms with Crippen LogP contribution in [0.5, 0.6) is 0 Å². The van der Waals surface area contributed by atoms with Gasteiger partial charge in [0.15, 0.2) is 11.6 Å². The van der Waals surface area contributed by atoms with Gasteiger partial charge in [-0.2, -0.15) is 5.10 Å². The van der Waals surface area contributed by atoms with Gasteiger partial charge in [0.2, 0.25) is 0 Å². The van der Waals surface area contributed by atoms with Gasteiger partial charge in [-0.25, -0.2) is 14.6 Å². The maximum absolute atomic E-state index is 6.21. The molecule has 23 heavy (non-hydrogen) atoms. The topological polar surface area (TPSA) is 81.7 Å². The van der Waals surface area contributed by atoms with Crippen LogP contribution in [0, 0.1) is 13.8 Å². The molecule has 3 N–H and O–H groups in total. The highest BCUT2D eigenvalue weighted by molar-refractivity contribution is 6.35. The van der Waals surface area contributed by atoms with Gasteiger partial charge < -0.3 is 11.1 Å². The van der Waals surface area contributed by atoms with E-state index in [1.165, 1.54) is 6.33 Å². The summed E-state index contributed by atoms with van der Waals surface area (Å²) in [6.07, 6.45) is 1.42. The molecular formula is C15H14Cl2N6. The van der Waals surface area contributed by atoms with Crippen molar-refractivity contribution < 1.29 is 0 Å². The molecule has 0 unspecified atom stereocenters. The Morgan fingerprint density at radius 1 is 1.13 bits per heavy atom. The Balaban J connectivity index is 2.03. The van der Waals surface area contributed by atoms with Crippen LogP contribution in [0.25, 0.3) is 5.82 Å². The molecule has 3 aromatic rings. The lowest BCUT2D eigenvalue weighted by atomic mass is 10.3. The molecule has 0 saturated carbocycles. The molecule has 0 bridgehead atoms. The Hall–Kier alpha value is -2.31. The highest BCUT2D eigenvalue weighted by Gasteiger charge is 2.14. The lowest BCUT2D eigenvalue weighted by Crippen LogP contribution is -2.09. The lowest BCUT2D eigenvalue weighted by Gasteiger charge is -2.13. The summed E-state index contributed by atoms with van der Waals surface area (Å²) in [4.78, 5) is 8.41. The van der Waals surface area contributed by atoms with Crippen molar-refractivity contribution in [3.05, 3.63) is 52.0 Å². The molecule has 0 aliphatic rings. The van der Waals surface area contributed by atoms with E-state index in [2.05, 4.69) is 20.4 Å². The van der Waals surface area contributed by atoms with Gasteiger partial charge in [-0.3, -0.25) is 0 Å². The van der Waals surface area contributed by atoms with Crippen LogP contribution in [0.15, 0.2) is 30.6 Å². The van der Waals surface area contributed by atoms with Crippen molar-refractivity contribution in [2.45, 2.75) is 13.8 Å². The van der Waals surface area contributed by atoms with Crippen molar-refractivity contribution in [3.63, 3.8) is 0 Å². The fraction of sp³-hybridized carbons (Fsp3) is 0.133. The molecule has 1 aromatic carbocycles. The molecule has 3 rings (SSSR count). The van der Waals surface area contributed by atoms with E-state index < -0.39 is 0 Å². The summed E-state index contributed by atoms with van der Waals surface area (Å²) in [5.74, 6) is 0.943. The first-order valence-corrected chi connectivity index (χ1v) is 7.57. The molecule has 0 amide bonds. The van der Waals surface area contributed by atoms with Crippen LogP contribution in [-0.2, 0) is 0 Å². The van der Waals surface area contributed by atoms with Gasteiger partial charge in [0, 0.05) is 10.7 Å². The standard InChI is InChI=1S/C15H14Cl2N6/c1-8-5-9(2)23(22-8)15-13(18)14(19-7-20-15)21-12-6-10(16)3-4-11(12)17/h3-7H,18H2,1-2H3,(H,19,20,21). The van der Waals surface area contributed by atoms with Gasteiger partial charge in [0.25, 0.3) is 0 Å². The molecule has 6 nitrogen and oxygen atoms in total. The highest BCUT2D eigenvalue weighted by Crippen LogP contribution is 2.31. The minimum absolute atomic E-state index is 0.370. The van der Waals surface area contributed by atoms with Gasteiger partial charge in [0.1, 0.15) is 12.0 Å². The number of aryl methyl sites for hydroxylation is 2. The SMILES string of the molecule is Cc1cc(C)n(-c2ncnc(Nc3cc(Cl)ccc3Cl)c2N)n1. The van der Waals surface area contributed by atoms with E-state index in [0.717, 1.165) is 11.4 Å². The normalized spacial score (nSPS) is 10.8. The number of benzene rings is 1. The first-order chi connectivity index (χ1) is 11.0. The monoisotopic (exact) mass is 348 g/mol. The summed E-state index contributed by atoms with van der Waals surface area (Å²) in [6, 6.07) is 7.06. The second-order valence-corrected chi connectivity index (χ2v) is 5.89. The molecule has 0 aliphatic carbocycles. The van der Waals surface area contributed by atoms with Crippen molar-refractivity contribution in [2.24, 2.45) is 0 Å². The van der Waals surface area contributed by atoms with Crippen LogP contribution < -0.4 is 11.1 Å². The molecule has 2 aromatic heterocycles. The fourth-order valence-electron chi connectivity index (χ4n) is 2.22. The molecule has 0 aliphatic heterocycles. The van der Waals surface area contributed by atoms with Gasteiger partial charge in [-0.15, -0.1) is 0 Å². The number of nitrogens with two attached hydrogens (primary N) is 1. The minimum Gasteiger partial charge on any atom is -0.393 e. The minimum atomic E-state index is 0.370. The van der Waals surface area contributed by atoms with Gasteiger partial charge >= 0.3 is 0 Å². The van der Waals surface area contributed by atoms with Crippen molar-refractivity contribution in [1.82, 2.24) is 19.7 Å². The van der Waals surface area contributed by atoms with Crippen molar-refractivity contribution in [2.75, 3.05) is 11.1 Å². The van der Waals surface area contributed by atoms with Crippen LogP contribution in [-0.4, -0.2) is 19.7 Å². The zero-order chi connectivity index (χ0) is 16.6. The van der Waals surface area contributed by atoms with E-state index in [1.54, 1.807) is 22.9 Å². The number of hydrogen-bond acceptors (Lipinski definition) is 5. The van der Waals surface area contributed by atoms with Crippen molar-refractivity contribution >= 4 is 40.4 Å². The quantitative estimate of drug-likeness (QED) is 0.749.